The topological polar surface area (TPSA) is 66.2 Å². The molecule has 168 valence electrons. The Labute approximate surface area is 201 Å². The average molecular weight is 480 g/mol. The quantitative estimate of drug-likeness (QED) is 0.225. The first kappa shape index (κ1) is 22.9. The Hall–Kier alpha value is -3.29. The molecule has 0 bridgehead atoms. The van der Waals surface area contributed by atoms with Gasteiger partial charge in [0.15, 0.2) is 16.8 Å². The summed E-state index contributed by atoms with van der Waals surface area (Å²) in [6.07, 6.45) is 0. The molecule has 4 aromatic rings. The number of ether oxygens (including phenoxy) is 2. The van der Waals surface area contributed by atoms with Crippen LogP contribution in [0.15, 0.2) is 71.9 Å². The molecule has 1 heterocycles. The largest absolute Gasteiger partial charge is 0.497 e. The van der Waals surface area contributed by atoms with Crippen molar-refractivity contribution in [1.29, 1.82) is 0 Å². The molecule has 0 radical (unpaired) electrons. The van der Waals surface area contributed by atoms with Crippen LogP contribution in [-0.2, 0) is 5.75 Å². The van der Waals surface area contributed by atoms with E-state index in [0.29, 0.717) is 27.3 Å². The average Bonchev–Trinajstić information content (AvgIpc) is 3.27. The van der Waals surface area contributed by atoms with Crippen molar-refractivity contribution in [2.75, 3.05) is 14.2 Å². The van der Waals surface area contributed by atoms with E-state index in [1.165, 1.54) is 11.8 Å². The molecule has 0 aliphatic carbocycles. The lowest BCUT2D eigenvalue weighted by Crippen LogP contribution is -2.01. The van der Waals surface area contributed by atoms with Gasteiger partial charge in [-0.15, -0.1) is 10.2 Å². The second-order valence-corrected chi connectivity index (χ2v) is 8.60. The Morgan fingerprint density at radius 1 is 0.970 bits per heavy atom. The van der Waals surface area contributed by atoms with Crippen LogP contribution >= 0.6 is 23.4 Å². The van der Waals surface area contributed by atoms with Crippen LogP contribution in [0, 0.1) is 0 Å². The first-order valence-corrected chi connectivity index (χ1v) is 11.5. The maximum absolute atomic E-state index is 11.9. The SMILES string of the molecule is COc1ccc(-c2nnc(SCc3cc(C(C)=O)ccc3OC)n2-c2ccc(Cl)cc2)cc1. The fourth-order valence-corrected chi connectivity index (χ4v) is 4.42. The van der Waals surface area contributed by atoms with Gasteiger partial charge in [-0.05, 0) is 73.7 Å². The molecule has 0 aliphatic rings. The Balaban J connectivity index is 1.73. The van der Waals surface area contributed by atoms with Crippen molar-refractivity contribution in [2.24, 2.45) is 0 Å². The molecule has 0 N–H and O–H groups in total. The molecular weight excluding hydrogens is 458 g/mol. The van der Waals surface area contributed by atoms with Gasteiger partial charge >= 0.3 is 0 Å². The number of rotatable bonds is 8. The highest BCUT2D eigenvalue weighted by Gasteiger charge is 2.18. The van der Waals surface area contributed by atoms with Crippen LogP contribution in [0.5, 0.6) is 11.5 Å². The fraction of sp³-hybridized carbons (Fsp3) is 0.160. The minimum Gasteiger partial charge on any atom is -0.497 e. The van der Waals surface area contributed by atoms with Crippen molar-refractivity contribution in [3.63, 3.8) is 0 Å². The van der Waals surface area contributed by atoms with Gasteiger partial charge in [0.25, 0.3) is 0 Å². The number of halogens is 1. The molecule has 3 aromatic carbocycles. The van der Waals surface area contributed by atoms with Crippen LogP contribution in [0.3, 0.4) is 0 Å². The molecule has 0 amide bonds. The first-order valence-electron chi connectivity index (χ1n) is 10.2. The summed E-state index contributed by atoms with van der Waals surface area (Å²) in [6.45, 7) is 1.55. The Bertz CT molecular complexity index is 1270. The van der Waals surface area contributed by atoms with E-state index in [1.54, 1.807) is 27.2 Å². The zero-order chi connectivity index (χ0) is 23.4. The number of hydrogen-bond acceptors (Lipinski definition) is 6. The highest BCUT2D eigenvalue weighted by Crippen LogP contribution is 2.33. The van der Waals surface area contributed by atoms with Crippen LogP contribution in [0.2, 0.25) is 5.02 Å². The number of Topliss-reactive ketones (excluding diaryl/α,β-unsaturated/α-hetero) is 1. The second kappa shape index (κ2) is 10.1. The molecule has 0 fully saturated rings. The van der Waals surface area contributed by atoms with Crippen LogP contribution in [-0.4, -0.2) is 34.8 Å². The lowest BCUT2D eigenvalue weighted by atomic mass is 10.1. The lowest BCUT2D eigenvalue weighted by Gasteiger charge is -2.12. The minimum atomic E-state index is 0.00928. The third-order valence-corrected chi connectivity index (χ3v) is 6.34. The summed E-state index contributed by atoms with van der Waals surface area (Å²) in [5.41, 5.74) is 3.35. The number of carbonyl (C=O) groups excluding carboxylic acids is 1. The predicted molar refractivity (Wildman–Crippen MR) is 131 cm³/mol. The molecule has 33 heavy (non-hydrogen) atoms. The van der Waals surface area contributed by atoms with E-state index < -0.39 is 0 Å². The number of benzene rings is 3. The maximum Gasteiger partial charge on any atom is 0.196 e. The molecule has 0 atom stereocenters. The third kappa shape index (κ3) is 5.05. The van der Waals surface area contributed by atoms with E-state index in [4.69, 9.17) is 21.1 Å². The van der Waals surface area contributed by atoms with Crippen LogP contribution in [0.1, 0.15) is 22.8 Å². The molecule has 4 rings (SSSR count). The molecule has 6 nitrogen and oxygen atoms in total. The fourth-order valence-electron chi connectivity index (χ4n) is 3.37. The molecular formula is C25H22ClN3O3S. The number of methoxy groups -OCH3 is 2. The standard InChI is InChI=1S/C25H22ClN3O3S/c1-16(30)18-6-13-23(32-3)19(14-18)15-33-25-28-27-24(17-4-11-22(31-2)12-5-17)29(25)21-9-7-20(26)8-10-21/h4-14H,15H2,1-3H3. The minimum absolute atomic E-state index is 0.00928. The monoisotopic (exact) mass is 479 g/mol. The molecule has 0 spiro atoms. The van der Waals surface area contributed by atoms with Gasteiger partial charge in [-0.3, -0.25) is 9.36 Å². The van der Waals surface area contributed by atoms with Crippen molar-refractivity contribution < 1.29 is 14.3 Å². The molecule has 1 aromatic heterocycles. The van der Waals surface area contributed by atoms with Crippen molar-refractivity contribution in [3.8, 4) is 28.6 Å². The van der Waals surface area contributed by atoms with Gasteiger partial charge in [0.05, 0.1) is 14.2 Å². The Morgan fingerprint density at radius 2 is 1.70 bits per heavy atom. The van der Waals surface area contributed by atoms with Crippen molar-refractivity contribution in [2.45, 2.75) is 17.8 Å². The smallest absolute Gasteiger partial charge is 0.196 e. The maximum atomic E-state index is 11.9. The zero-order valence-corrected chi connectivity index (χ0v) is 20.0. The van der Waals surface area contributed by atoms with Gasteiger partial charge in [0.2, 0.25) is 0 Å². The summed E-state index contributed by atoms with van der Waals surface area (Å²) in [5, 5.41) is 10.3. The molecule has 8 heteroatoms. The van der Waals surface area contributed by atoms with E-state index in [9.17, 15) is 4.79 Å². The van der Waals surface area contributed by atoms with E-state index in [1.807, 2.05) is 65.2 Å². The molecule has 0 saturated heterocycles. The second-order valence-electron chi connectivity index (χ2n) is 7.22. The summed E-state index contributed by atoms with van der Waals surface area (Å²) < 4.78 is 12.8. The molecule has 0 aliphatic heterocycles. The number of carbonyl (C=O) groups is 1. The highest BCUT2D eigenvalue weighted by atomic mass is 35.5. The Morgan fingerprint density at radius 3 is 2.33 bits per heavy atom. The van der Waals surface area contributed by atoms with Crippen LogP contribution in [0.4, 0.5) is 0 Å². The van der Waals surface area contributed by atoms with Crippen molar-refractivity contribution >= 4 is 29.1 Å². The number of aromatic nitrogens is 3. The van der Waals surface area contributed by atoms with Gasteiger partial charge < -0.3 is 9.47 Å². The van der Waals surface area contributed by atoms with E-state index >= 15 is 0 Å². The molecule has 0 unspecified atom stereocenters. The number of nitrogens with zero attached hydrogens (tertiary/aromatic N) is 3. The van der Waals surface area contributed by atoms with Gasteiger partial charge in [-0.1, -0.05) is 23.4 Å². The van der Waals surface area contributed by atoms with E-state index in [2.05, 4.69) is 10.2 Å². The normalized spacial score (nSPS) is 10.8. The molecule has 0 saturated carbocycles. The summed E-state index contributed by atoms with van der Waals surface area (Å²) >= 11 is 7.63. The zero-order valence-electron chi connectivity index (χ0n) is 18.4. The van der Waals surface area contributed by atoms with E-state index in [-0.39, 0.29) is 5.78 Å². The highest BCUT2D eigenvalue weighted by molar-refractivity contribution is 7.98. The number of hydrogen-bond donors (Lipinski definition) is 0. The summed E-state index contributed by atoms with van der Waals surface area (Å²) in [6, 6.07) is 20.7. The van der Waals surface area contributed by atoms with Crippen molar-refractivity contribution in [3.05, 3.63) is 82.9 Å². The van der Waals surface area contributed by atoms with Gasteiger partial charge in [-0.25, -0.2) is 0 Å². The predicted octanol–water partition coefficient (Wildman–Crippen LogP) is 6.10. The van der Waals surface area contributed by atoms with Gasteiger partial charge in [0.1, 0.15) is 11.5 Å². The third-order valence-electron chi connectivity index (χ3n) is 5.11. The van der Waals surface area contributed by atoms with E-state index in [0.717, 1.165) is 28.3 Å². The summed E-state index contributed by atoms with van der Waals surface area (Å²) in [4.78, 5) is 11.9. The summed E-state index contributed by atoms with van der Waals surface area (Å²) in [7, 11) is 3.25. The lowest BCUT2D eigenvalue weighted by molar-refractivity contribution is 0.101. The summed E-state index contributed by atoms with van der Waals surface area (Å²) in [5.74, 6) is 2.75. The van der Waals surface area contributed by atoms with Gasteiger partial charge in [0, 0.05) is 33.2 Å². The van der Waals surface area contributed by atoms with Crippen molar-refractivity contribution in [1.82, 2.24) is 14.8 Å². The van der Waals surface area contributed by atoms with Gasteiger partial charge in [-0.2, -0.15) is 0 Å². The van der Waals surface area contributed by atoms with Crippen LogP contribution < -0.4 is 9.47 Å². The first-order chi connectivity index (χ1) is 16.0. The van der Waals surface area contributed by atoms with Crippen LogP contribution in [0.25, 0.3) is 17.1 Å². The number of ketones is 1. The Kier molecular flexibility index (Phi) is 7.01. The number of thioether (sulfide) groups is 1.